The van der Waals surface area contributed by atoms with Crippen LogP contribution in [0.3, 0.4) is 0 Å². The van der Waals surface area contributed by atoms with Crippen molar-refractivity contribution in [3.63, 3.8) is 0 Å². The summed E-state index contributed by atoms with van der Waals surface area (Å²) in [4.78, 5) is 0. The summed E-state index contributed by atoms with van der Waals surface area (Å²) in [6.45, 7) is 3.11. The van der Waals surface area contributed by atoms with Gasteiger partial charge in [0.05, 0.1) is 5.75 Å². The molecule has 0 aromatic heterocycles. The van der Waals surface area contributed by atoms with Crippen LogP contribution >= 0.6 is 0 Å². The molecule has 8 heteroatoms. The minimum atomic E-state index is -3.77. The molecule has 0 amide bonds. The van der Waals surface area contributed by atoms with Crippen LogP contribution in [-0.2, 0) is 20.0 Å². The van der Waals surface area contributed by atoms with Gasteiger partial charge in [-0.15, -0.1) is 6.58 Å². The van der Waals surface area contributed by atoms with Crippen molar-refractivity contribution < 1.29 is 16.8 Å². The smallest absolute Gasteiger partial charge is 0.224 e. The van der Waals surface area contributed by atoms with Gasteiger partial charge in [-0.05, 0) is 0 Å². The fourth-order valence-electron chi connectivity index (χ4n) is 0.579. The maximum absolute atomic E-state index is 11.0. The van der Waals surface area contributed by atoms with E-state index in [1.165, 1.54) is 6.08 Å². The van der Waals surface area contributed by atoms with Crippen molar-refractivity contribution >= 4 is 20.0 Å². The molecule has 0 unspecified atom stereocenters. The summed E-state index contributed by atoms with van der Waals surface area (Å²) in [7, 11) is -7.09. The molecule has 0 bridgehead atoms. The highest BCUT2D eigenvalue weighted by Gasteiger charge is 2.02. The Labute approximate surface area is 83.6 Å². The Bertz CT molecular complexity index is 407. The molecule has 0 aromatic carbocycles. The van der Waals surface area contributed by atoms with Crippen molar-refractivity contribution in [2.75, 3.05) is 12.3 Å². The number of nitrogens with one attached hydrogen (secondary N) is 1. The monoisotopic (exact) mass is 240 g/mol. The van der Waals surface area contributed by atoms with Crippen LogP contribution in [0.5, 0.6) is 0 Å². The summed E-state index contributed by atoms with van der Waals surface area (Å²) >= 11 is 0. The predicted molar refractivity (Wildman–Crippen MR) is 54.2 cm³/mol. The van der Waals surface area contributed by atoms with Crippen LogP contribution in [0.25, 0.3) is 0 Å². The number of hydrogen-bond acceptors (Lipinski definition) is 4. The van der Waals surface area contributed by atoms with E-state index in [9.17, 15) is 16.8 Å². The van der Waals surface area contributed by atoms with Crippen LogP contribution in [0.4, 0.5) is 0 Å². The van der Waals surface area contributed by atoms with E-state index in [-0.39, 0.29) is 12.3 Å². The molecule has 0 aliphatic rings. The molecule has 0 aliphatic heterocycles. The Kier molecular flexibility index (Phi) is 4.99. The van der Waals surface area contributed by atoms with Gasteiger partial charge in [0.25, 0.3) is 10.2 Å². The number of rotatable bonds is 6. The highest BCUT2D eigenvalue weighted by atomic mass is 32.2. The first-order valence-electron chi connectivity index (χ1n) is 3.54. The molecule has 0 rings (SSSR count). The normalized spacial score (nSPS) is 13.2. The molecule has 14 heavy (non-hydrogen) atoms. The van der Waals surface area contributed by atoms with Crippen LogP contribution in [0.2, 0.25) is 0 Å². The summed E-state index contributed by atoms with van der Waals surface area (Å²) in [5.74, 6) is -0.182. The highest BCUT2D eigenvalue weighted by Crippen LogP contribution is 1.92. The number of sulfone groups is 1. The van der Waals surface area contributed by atoms with E-state index in [1.54, 1.807) is 0 Å². The van der Waals surface area contributed by atoms with Crippen molar-refractivity contribution in [1.29, 1.82) is 0 Å². The Balaban J connectivity index is 4.15. The first-order valence-corrected chi connectivity index (χ1v) is 6.80. The number of nitrogens with two attached hydrogens (primary N) is 1. The van der Waals surface area contributed by atoms with Crippen molar-refractivity contribution in [2.24, 2.45) is 5.14 Å². The maximum atomic E-state index is 11.0. The fourth-order valence-corrected chi connectivity index (χ4v) is 1.74. The van der Waals surface area contributed by atoms with Gasteiger partial charge in [0, 0.05) is 12.0 Å². The lowest BCUT2D eigenvalue weighted by Crippen LogP contribution is -2.30. The number of hydrogen-bond donors (Lipinski definition) is 2. The van der Waals surface area contributed by atoms with Gasteiger partial charge in [-0.25, -0.2) is 13.6 Å². The SMILES string of the molecule is C=CCS(=O)(=O)C=CCNS(N)(=O)=O. The fraction of sp³-hybridized carbons (Fsp3) is 0.333. The second-order valence-electron chi connectivity index (χ2n) is 2.38. The van der Waals surface area contributed by atoms with E-state index in [0.29, 0.717) is 0 Å². The molecular formula is C6H12N2O4S2. The van der Waals surface area contributed by atoms with Gasteiger partial charge < -0.3 is 0 Å². The average molecular weight is 240 g/mol. The van der Waals surface area contributed by atoms with Gasteiger partial charge in [-0.2, -0.15) is 13.1 Å². The molecule has 0 saturated carbocycles. The van der Waals surface area contributed by atoms with Gasteiger partial charge in [-0.1, -0.05) is 12.2 Å². The highest BCUT2D eigenvalue weighted by molar-refractivity contribution is 7.94. The lowest BCUT2D eigenvalue weighted by molar-refractivity contribution is 0.587. The standard InChI is InChI=1S/C6H12N2O4S2/c1-2-5-13(9,10)6-3-4-8-14(7,11)12/h2-3,6,8H,1,4-5H2,(H2,7,11,12). The molecule has 0 spiro atoms. The molecule has 0 saturated heterocycles. The van der Waals surface area contributed by atoms with E-state index >= 15 is 0 Å². The topological polar surface area (TPSA) is 106 Å². The molecule has 0 atom stereocenters. The third-order valence-corrected chi connectivity index (χ3v) is 2.93. The zero-order valence-electron chi connectivity index (χ0n) is 7.38. The Morgan fingerprint density at radius 3 is 2.29 bits per heavy atom. The van der Waals surface area contributed by atoms with Gasteiger partial charge in [0.1, 0.15) is 0 Å². The first-order chi connectivity index (χ1) is 6.27. The van der Waals surface area contributed by atoms with Crippen molar-refractivity contribution in [3.8, 4) is 0 Å². The van der Waals surface area contributed by atoms with Crippen molar-refractivity contribution in [3.05, 3.63) is 24.1 Å². The predicted octanol–water partition coefficient (Wildman–Crippen LogP) is -1.11. The van der Waals surface area contributed by atoms with E-state index in [4.69, 9.17) is 0 Å². The third-order valence-electron chi connectivity index (χ3n) is 1.06. The van der Waals surface area contributed by atoms with E-state index in [1.807, 2.05) is 4.72 Å². The van der Waals surface area contributed by atoms with Crippen LogP contribution in [-0.4, -0.2) is 29.1 Å². The zero-order chi connectivity index (χ0) is 11.2. The molecule has 6 nitrogen and oxygen atoms in total. The molecule has 0 aromatic rings. The van der Waals surface area contributed by atoms with Crippen LogP contribution in [0, 0.1) is 0 Å². The Morgan fingerprint density at radius 2 is 1.86 bits per heavy atom. The van der Waals surface area contributed by atoms with Crippen LogP contribution in [0.1, 0.15) is 0 Å². The molecule has 0 heterocycles. The van der Waals surface area contributed by atoms with E-state index in [0.717, 1.165) is 11.5 Å². The summed E-state index contributed by atoms with van der Waals surface area (Å²) in [6.07, 6.45) is 2.40. The molecule has 0 aliphatic carbocycles. The molecule has 0 radical (unpaired) electrons. The summed E-state index contributed by atoms with van der Waals surface area (Å²) in [6, 6.07) is 0. The van der Waals surface area contributed by atoms with Gasteiger partial charge >= 0.3 is 0 Å². The van der Waals surface area contributed by atoms with Crippen molar-refractivity contribution in [2.45, 2.75) is 0 Å². The quantitative estimate of drug-likeness (QED) is 0.574. The van der Waals surface area contributed by atoms with Crippen molar-refractivity contribution in [1.82, 2.24) is 4.72 Å². The lowest BCUT2D eigenvalue weighted by Gasteiger charge is -1.95. The van der Waals surface area contributed by atoms with Gasteiger partial charge in [-0.3, -0.25) is 0 Å². The average Bonchev–Trinajstić information content (AvgIpc) is 1.96. The first kappa shape index (κ1) is 13.3. The van der Waals surface area contributed by atoms with Gasteiger partial charge in [0.2, 0.25) is 0 Å². The molecule has 0 fully saturated rings. The second kappa shape index (κ2) is 5.25. The third kappa shape index (κ3) is 7.92. The summed E-state index contributed by atoms with van der Waals surface area (Å²) < 4.78 is 44.6. The van der Waals surface area contributed by atoms with E-state index < -0.39 is 20.0 Å². The Hall–Kier alpha value is -0.700. The summed E-state index contributed by atoms with van der Waals surface area (Å²) in [5.41, 5.74) is 0. The lowest BCUT2D eigenvalue weighted by atomic mass is 10.7. The molecular weight excluding hydrogens is 228 g/mol. The molecule has 3 N–H and O–H groups in total. The second-order valence-corrected chi connectivity index (χ2v) is 5.69. The minimum Gasteiger partial charge on any atom is -0.224 e. The Morgan fingerprint density at radius 1 is 1.29 bits per heavy atom. The van der Waals surface area contributed by atoms with E-state index in [2.05, 4.69) is 11.7 Å². The van der Waals surface area contributed by atoms with Crippen LogP contribution in [0.15, 0.2) is 24.1 Å². The van der Waals surface area contributed by atoms with Crippen LogP contribution < -0.4 is 9.86 Å². The van der Waals surface area contributed by atoms with Gasteiger partial charge in [0.15, 0.2) is 9.84 Å². The maximum Gasteiger partial charge on any atom is 0.274 e. The zero-order valence-corrected chi connectivity index (χ0v) is 9.01. The largest absolute Gasteiger partial charge is 0.274 e. The summed E-state index contributed by atoms with van der Waals surface area (Å²) in [5, 5.41) is 5.52. The minimum absolute atomic E-state index is 0.158. The molecule has 82 valence electrons.